The second-order valence-electron chi connectivity index (χ2n) is 4.04. The summed E-state index contributed by atoms with van der Waals surface area (Å²) in [5.74, 6) is -0.540. The molecule has 1 aromatic carbocycles. The summed E-state index contributed by atoms with van der Waals surface area (Å²) in [6, 6.07) is 9.83. The van der Waals surface area contributed by atoms with Crippen molar-refractivity contribution in [1.29, 1.82) is 0 Å². The van der Waals surface area contributed by atoms with Crippen molar-refractivity contribution >= 4 is 23.3 Å². The van der Waals surface area contributed by atoms with Crippen LogP contribution in [0.5, 0.6) is 0 Å². The second-order valence-corrected chi connectivity index (χ2v) is 4.48. The van der Waals surface area contributed by atoms with Gasteiger partial charge in [0.15, 0.2) is 5.78 Å². The first-order valence-electron chi connectivity index (χ1n) is 6.09. The molecule has 2 N–H and O–H groups in total. The van der Waals surface area contributed by atoms with Crippen LogP contribution in [0.3, 0.4) is 0 Å². The molecule has 0 saturated heterocycles. The van der Waals surface area contributed by atoms with E-state index in [4.69, 9.17) is 11.6 Å². The molecule has 6 heteroatoms. The Hall–Kier alpha value is -2.66. The number of rotatable bonds is 5. The first-order chi connectivity index (χ1) is 10.2. The first kappa shape index (κ1) is 14.7. The summed E-state index contributed by atoms with van der Waals surface area (Å²) in [7, 11) is 0. The summed E-state index contributed by atoms with van der Waals surface area (Å²) in [6.45, 7) is 0. The van der Waals surface area contributed by atoms with E-state index in [9.17, 15) is 9.59 Å². The van der Waals surface area contributed by atoms with Crippen LogP contribution in [0, 0.1) is 0 Å². The van der Waals surface area contributed by atoms with Gasteiger partial charge in [-0.15, -0.1) is 0 Å². The zero-order chi connectivity index (χ0) is 15.1. The molecule has 0 aliphatic carbocycles. The quantitative estimate of drug-likeness (QED) is 0.505. The third-order valence-electron chi connectivity index (χ3n) is 2.56. The molecule has 1 amide bonds. The average molecular weight is 302 g/mol. The van der Waals surface area contributed by atoms with Crippen molar-refractivity contribution in [3.8, 4) is 0 Å². The highest BCUT2D eigenvalue weighted by atomic mass is 35.5. The van der Waals surface area contributed by atoms with Crippen molar-refractivity contribution in [2.24, 2.45) is 0 Å². The lowest BCUT2D eigenvalue weighted by atomic mass is 10.1. The molecule has 0 aliphatic rings. The fourth-order valence-corrected chi connectivity index (χ4v) is 1.63. The number of ketones is 1. The van der Waals surface area contributed by atoms with Crippen LogP contribution in [0.25, 0.3) is 0 Å². The Balaban J connectivity index is 1.84. The van der Waals surface area contributed by atoms with Crippen LogP contribution in [0.15, 0.2) is 61.1 Å². The standard InChI is InChI=1S/C15H12ClN3O2/c16-13-5-3-11(4-6-13)14(20)7-9-18-19-15(21)12-2-1-8-17-10-12/h1-10,18H,(H,19,21). The van der Waals surface area contributed by atoms with Crippen molar-refractivity contribution < 1.29 is 9.59 Å². The Kier molecular flexibility index (Phi) is 5.06. The Bertz CT molecular complexity index is 654. The molecule has 0 bridgehead atoms. The molecule has 0 aliphatic heterocycles. The number of hydrogen-bond acceptors (Lipinski definition) is 4. The maximum absolute atomic E-state index is 11.8. The molecule has 5 nitrogen and oxygen atoms in total. The fourth-order valence-electron chi connectivity index (χ4n) is 1.50. The van der Waals surface area contributed by atoms with Gasteiger partial charge in [-0.3, -0.25) is 20.0 Å². The maximum atomic E-state index is 11.8. The van der Waals surface area contributed by atoms with E-state index in [-0.39, 0.29) is 11.7 Å². The van der Waals surface area contributed by atoms with Crippen LogP contribution in [-0.2, 0) is 0 Å². The van der Waals surface area contributed by atoms with Crippen molar-refractivity contribution in [2.45, 2.75) is 0 Å². The number of benzene rings is 1. The van der Waals surface area contributed by atoms with Gasteiger partial charge in [-0.1, -0.05) is 11.6 Å². The number of pyridine rings is 1. The van der Waals surface area contributed by atoms with E-state index in [1.54, 1.807) is 42.6 Å². The summed E-state index contributed by atoms with van der Waals surface area (Å²) in [5.41, 5.74) is 5.90. The minimum absolute atomic E-state index is 0.199. The molecule has 0 radical (unpaired) electrons. The van der Waals surface area contributed by atoms with E-state index < -0.39 is 0 Å². The fraction of sp³-hybridized carbons (Fsp3) is 0. The molecule has 21 heavy (non-hydrogen) atoms. The molecule has 2 rings (SSSR count). The normalized spacial score (nSPS) is 10.3. The molecule has 0 unspecified atom stereocenters. The molecule has 0 spiro atoms. The first-order valence-corrected chi connectivity index (χ1v) is 6.47. The van der Waals surface area contributed by atoms with Crippen molar-refractivity contribution in [1.82, 2.24) is 15.8 Å². The number of carbonyl (C=O) groups excluding carboxylic acids is 2. The zero-order valence-electron chi connectivity index (χ0n) is 10.9. The molecular formula is C15H12ClN3O2. The number of halogens is 1. The number of aromatic nitrogens is 1. The van der Waals surface area contributed by atoms with Gasteiger partial charge in [-0.05, 0) is 36.4 Å². The third kappa shape index (κ3) is 4.43. The Morgan fingerprint density at radius 3 is 2.52 bits per heavy atom. The van der Waals surface area contributed by atoms with E-state index in [1.165, 1.54) is 18.5 Å². The Labute approximate surface area is 126 Å². The Morgan fingerprint density at radius 1 is 1.10 bits per heavy atom. The molecule has 2 aromatic rings. The van der Waals surface area contributed by atoms with Crippen molar-refractivity contribution in [3.63, 3.8) is 0 Å². The highest BCUT2D eigenvalue weighted by Crippen LogP contribution is 2.10. The van der Waals surface area contributed by atoms with E-state index in [2.05, 4.69) is 15.8 Å². The van der Waals surface area contributed by atoms with Crippen LogP contribution >= 0.6 is 11.6 Å². The van der Waals surface area contributed by atoms with Gasteiger partial charge in [0.2, 0.25) is 0 Å². The molecular weight excluding hydrogens is 290 g/mol. The third-order valence-corrected chi connectivity index (χ3v) is 2.81. The summed E-state index contributed by atoms with van der Waals surface area (Å²) in [4.78, 5) is 27.3. The molecule has 0 saturated carbocycles. The SMILES string of the molecule is O=C(C=CNNC(=O)c1cccnc1)c1ccc(Cl)cc1. The van der Waals surface area contributed by atoms with Gasteiger partial charge < -0.3 is 5.43 Å². The van der Waals surface area contributed by atoms with Gasteiger partial charge in [-0.2, -0.15) is 0 Å². The minimum Gasteiger partial charge on any atom is -0.305 e. The second kappa shape index (κ2) is 7.21. The molecule has 106 valence electrons. The van der Waals surface area contributed by atoms with Crippen molar-refractivity contribution in [3.05, 3.63) is 77.2 Å². The van der Waals surface area contributed by atoms with Crippen molar-refractivity contribution in [2.75, 3.05) is 0 Å². The predicted octanol–water partition coefficient (Wildman–Crippen LogP) is 2.37. The van der Waals surface area contributed by atoms with Crippen LogP contribution in [0.2, 0.25) is 5.02 Å². The van der Waals surface area contributed by atoms with Gasteiger partial charge in [0.05, 0.1) is 5.56 Å². The number of nitrogens with one attached hydrogen (secondary N) is 2. The highest BCUT2D eigenvalue weighted by molar-refractivity contribution is 6.30. The number of hydrazine groups is 1. The maximum Gasteiger partial charge on any atom is 0.271 e. The Morgan fingerprint density at radius 2 is 1.86 bits per heavy atom. The van der Waals surface area contributed by atoms with E-state index in [0.29, 0.717) is 16.1 Å². The largest absolute Gasteiger partial charge is 0.305 e. The van der Waals surface area contributed by atoms with Crippen LogP contribution in [0.1, 0.15) is 20.7 Å². The lowest BCUT2D eigenvalue weighted by Gasteiger charge is -2.03. The predicted molar refractivity (Wildman–Crippen MR) is 79.8 cm³/mol. The van der Waals surface area contributed by atoms with E-state index in [0.717, 1.165) is 0 Å². The van der Waals surface area contributed by atoms with Gasteiger partial charge in [0, 0.05) is 35.3 Å². The van der Waals surface area contributed by atoms with Gasteiger partial charge >= 0.3 is 0 Å². The number of nitrogens with zero attached hydrogens (tertiary/aromatic N) is 1. The van der Waals surface area contributed by atoms with Gasteiger partial charge in [0.1, 0.15) is 0 Å². The topological polar surface area (TPSA) is 71.1 Å². The smallest absolute Gasteiger partial charge is 0.271 e. The number of carbonyl (C=O) groups is 2. The van der Waals surface area contributed by atoms with Crippen LogP contribution < -0.4 is 10.9 Å². The molecule has 0 fully saturated rings. The van der Waals surface area contributed by atoms with E-state index >= 15 is 0 Å². The molecule has 1 aromatic heterocycles. The van der Waals surface area contributed by atoms with Crippen LogP contribution in [-0.4, -0.2) is 16.7 Å². The van der Waals surface area contributed by atoms with E-state index in [1.807, 2.05) is 0 Å². The summed E-state index contributed by atoms with van der Waals surface area (Å²) in [6.07, 6.45) is 5.69. The number of hydrogen-bond donors (Lipinski definition) is 2. The average Bonchev–Trinajstić information content (AvgIpc) is 2.52. The lowest BCUT2D eigenvalue weighted by Crippen LogP contribution is -2.33. The molecule has 0 atom stereocenters. The lowest BCUT2D eigenvalue weighted by molar-refractivity contribution is 0.0938. The summed E-state index contributed by atoms with van der Waals surface area (Å²) >= 11 is 5.74. The summed E-state index contributed by atoms with van der Waals surface area (Å²) < 4.78 is 0. The van der Waals surface area contributed by atoms with Gasteiger partial charge in [-0.25, -0.2) is 0 Å². The summed E-state index contributed by atoms with van der Waals surface area (Å²) in [5, 5.41) is 0.567. The molecule has 1 heterocycles. The monoisotopic (exact) mass is 301 g/mol. The number of allylic oxidation sites excluding steroid dienone is 1. The van der Waals surface area contributed by atoms with Crippen LogP contribution in [0.4, 0.5) is 0 Å². The highest BCUT2D eigenvalue weighted by Gasteiger charge is 2.03. The van der Waals surface area contributed by atoms with Gasteiger partial charge in [0.25, 0.3) is 5.91 Å². The minimum atomic E-state index is -0.341. The number of amides is 1. The zero-order valence-corrected chi connectivity index (χ0v) is 11.7.